The van der Waals surface area contributed by atoms with Crippen LogP contribution in [0.25, 0.3) is 0 Å². The molecular formula is C16H14F3NO4S. The van der Waals surface area contributed by atoms with E-state index in [1.165, 1.54) is 36.4 Å². The summed E-state index contributed by atoms with van der Waals surface area (Å²) in [5, 5.41) is 1.43. The molecule has 1 aromatic carbocycles. The van der Waals surface area contributed by atoms with Gasteiger partial charge in [0.1, 0.15) is 12.5 Å². The highest BCUT2D eigenvalue weighted by Crippen LogP contribution is 2.35. The van der Waals surface area contributed by atoms with E-state index in [4.69, 9.17) is 4.74 Å². The van der Waals surface area contributed by atoms with Crippen molar-refractivity contribution in [1.29, 1.82) is 0 Å². The highest BCUT2D eigenvalue weighted by Gasteiger charge is 2.40. The predicted octanol–water partition coefficient (Wildman–Crippen LogP) is 3.16. The number of allylic oxidation sites excluding steroid dienone is 1. The normalized spacial score (nSPS) is 20.8. The zero-order chi connectivity index (χ0) is 18.6. The second kappa shape index (κ2) is 7.73. The highest BCUT2D eigenvalue weighted by molar-refractivity contribution is 8.01. The standard InChI is InChI=1S/C16H14F3NO4S/c1-23-12(21)7-20-15-13(14(22)11(24-15)8-25-2)9-4-3-5-10(6-9)16(17,18)19/h3-6,8,13H,7H2,1-2H3. The van der Waals surface area contributed by atoms with Crippen molar-refractivity contribution in [2.75, 3.05) is 19.9 Å². The van der Waals surface area contributed by atoms with E-state index in [2.05, 4.69) is 9.73 Å². The molecule has 1 saturated heterocycles. The second-order valence-electron chi connectivity index (χ2n) is 4.97. The lowest BCUT2D eigenvalue weighted by Crippen LogP contribution is -2.16. The van der Waals surface area contributed by atoms with Gasteiger partial charge in [0.2, 0.25) is 11.7 Å². The molecule has 1 fully saturated rings. The van der Waals surface area contributed by atoms with Crippen molar-refractivity contribution in [3.05, 3.63) is 46.6 Å². The molecule has 1 aromatic rings. The molecule has 5 nitrogen and oxygen atoms in total. The van der Waals surface area contributed by atoms with Crippen LogP contribution in [0.15, 0.2) is 40.4 Å². The summed E-state index contributed by atoms with van der Waals surface area (Å²) in [6.07, 6.45) is -2.84. The molecule has 0 spiro atoms. The molecule has 0 bridgehead atoms. The van der Waals surface area contributed by atoms with Crippen molar-refractivity contribution in [2.45, 2.75) is 12.1 Å². The summed E-state index contributed by atoms with van der Waals surface area (Å²) in [5.41, 5.74) is -0.791. The third kappa shape index (κ3) is 4.41. The number of alkyl halides is 3. The molecule has 1 aliphatic rings. The summed E-state index contributed by atoms with van der Waals surface area (Å²) in [6, 6.07) is 4.38. The van der Waals surface area contributed by atoms with E-state index in [1.54, 1.807) is 6.26 Å². The van der Waals surface area contributed by atoms with Gasteiger partial charge in [-0.3, -0.25) is 9.59 Å². The number of ether oxygens (including phenoxy) is 2. The molecule has 0 aliphatic carbocycles. The van der Waals surface area contributed by atoms with Crippen molar-refractivity contribution in [3.63, 3.8) is 0 Å². The van der Waals surface area contributed by atoms with Crippen LogP contribution in [0.2, 0.25) is 0 Å². The molecule has 1 unspecified atom stereocenters. The molecular weight excluding hydrogens is 359 g/mol. The third-order valence-corrected chi connectivity index (χ3v) is 3.78. The van der Waals surface area contributed by atoms with Crippen molar-refractivity contribution in [2.24, 2.45) is 4.99 Å². The van der Waals surface area contributed by atoms with E-state index >= 15 is 0 Å². The van der Waals surface area contributed by atoms with Crippen LogP contribution in [0.5, 0.6) is 0 Å². The van der Waals surface area contributed by atoms with Gasteiger partial charge in [-0.2, -0.15) is 13.2 Å². The van der Waals surface area contributed by atoms with E-state index in [1.807, 2.05) is 0 Å². The first kappa shape index (κ1) is 19.0. The smallest absolute Gasteiger partial charge is 0.416 e. The van der Waals surface area contributed by atoms with Crippen LogP contribution in [0.3, 0.4) is 0 Å². The maximum atomic E-state index is 12.9. The average molecular weight is 373 g/mol. The minimum Gasteiger partial charge on any atom is -0.468 e. The first-order valence-corrected chi connectivity index (χ1v) is 8.30. The maximum absolute atomic E-state index is 12.9. The number of ketones is 1. The fourth-order valence-electron chi connectivity index (χ4n) is 2.18. The Kier molecular flexibility index (Phi) is 5.89. The van der Waals surface area contributed by atoms with Crippen LogP contribution in [-0.4, -0.2) is 37.6 Å². The van der Waals surface area contributed by atoms with Gasteiger partial charge in [-0.15, -0.1) is 11.8 Å². The Labute approximate surface area is 145 Å². The molecule has 0 aromatic heterocycles. The van der Waals surface area contributed by atoms with Gasteiger partial charge in [0.05, 0.1) is 12.7 Å². The lowest BCUT2D eigenvalue weighted by atomic mass is 9.94. The lowest BCUT2D eigenvalue weighted by molar-refractivity contribution is -0.139. The molecule has 134 valence electrons. The highest BCUT2D eigenvalue weighted by atomic mass is 32.2. The first-order valence-electron chi connectivity index (χ1n) is 7.01. The van der Waals surface area contributed by atoms with Crippen LogP contribution in [0.1, 0.15) is 17.0 Å². The molecule has 0 amide bonds. The Morgan fingerprint density at radius 1 is 1.44 bits per heavy atom. The molecule has 9 heteroatoms. The summed E-state index contributed by atoms with van der Waals surface area (Å²) in [4.78, 5) is 27.6. The number of hydrogen-bond donors (Lipinski definition) is 0. The number of esters is 1. The van der Waals surface area contributed by atoms with Gasteiger partial charge in [0, 0.05) is 5.41 Å². The molecule has 0 saturated carbocycles. The number of thioether (sulfide) groups is 1. The monoisotopic (exact) mass is 373 g/mol. The summed E-state index contributed by atoms with van der Waals surface area (Å²) >= 11 is 1.20. The van der Waals surface area contributed by atoms with Crippen molar-refractivity contribution in [3.8, 4) is 0 Å². The number of halogens is 3. The van der Waals surface area contributed by atoms with Gasteiger partial charge < -0.3 is 9.47 Å². The largest absolute Gasteiger partial charge is 0.468 e. The van der Waals surface area contributed by atoms with E-state index in [9.17, 15) is 22.8 Å². The summed E-state index contributed by atoms with van der Waals surface area (Å²) < 4.78 is 48.6. The molecule has 25 heavy (non-hydrogen) atoms. The number of methoxy groups -OCH3 is 1. The van der Waals surface area contributed by atoms with E-state index in [0.717, 1.165) is 12.1 Å². The van der Waals surface area contributed by atoms with Crippen LogP contribution in [0.4, 0.5) is 13.2 Å². The topological polar surface area (TPSA) is 65.0 Å². The van der Waals surface area contributed by atoms with Gasteiger partial charge in [0.25, 0.3) is 0 Å². The van der Waals surface area contributed by atoms with E-state index in [0.29, 0.717) is 0 Å². The van der Waals surface area contributed by atoms with E-state index in [-0.39, 0.29) is 17.2 Å². The lowest BCUT2D eigenvalue weighted by Gasteiger charge is -2.11. The van der Waals surface area contributed by atoms with Crippen molar-refractivity contribution < 1.29 is 32.2 Å². The summed E-state index contributed by atoms with van der Waals surface area (Å²) in [5.74, 6) is -2.47. The molecule has 1 atom stereocenters. The molecule has 1 heterocycles. The fourth-order valence-corrected chi connectivity index (χ4v) is 2.56. The van der Waals surface area contributed by atoms with Crippen LogP contribution in [0, 0.1) is 0 Å². The Hall–Kier alpha value is -2.29. The quantitative estimate of drug-likeness (QED) is 0.599. The minimum atomic E-state index is -4.54. The van der Waals surface area contributed by atoms with Gasteiger partial charge >= 0.3 is 12.1 Å². The number of hydrogen-bond acceptors (Lipinski definition) is 6. The molecule has 1 aliphatic heterocycles. The Morgan fingerprint density at radius 3 is 2.76 bits per heavy atom. The third-order valence-electron chi connectivity index (χ3n) is 3.33. The molecule has 2 rings (SSSR count). The molecule has 0 N–H and O–H groups in total. The van der Waals surface area contributed by atoms with Crippen molar-refractivity contribution >= 4 is 29.4 Å². The first-order chi connectivity index (χ1) is 11.8. The minimum absolute atomic E-state index is 0.0291. The number of Topliss-reactive ketones (excluding diaryl/α,β-unsaturated/α-hetero) is 1. The number of aliphatic imine (C=N–C) groups is 1. The van der Waals surface area contributed by atoms with Crippen LogP contribution in [-0.2, 0) is 25.2 Å². The van der Waals surface area contributed by atoms with Crippen LogP contribution >= 0.6 is 11.8 Å². The van der Waals surface area contributed by atoms with Gasteiger partial charge in [0.15, 0.2) is 5.76 Å². The summed E-state index contributed by atoms with van der Waals surface area (Å²) in [6.45, 7) is -0.402. The zero-order valence-electron chi connectivity index (χ0n) is 13.3. The number of carbonyl (C=O) groups is 2. The number of carbonyl (C=O) groups excluding carboxylic acids is 2. The van der Waals surface area contributed by atoms with Crippen LogP contribution < -0.4 is 0 Å². The fraction of sp³-hybridized carbons (Fsp3) is 0.312. The number of benzene rings is 1. The maximum Gasteiger partial charge on any atom is 0.416 e. The Bertz CT molecular complexity index is 743. The second-order valence-corrected chi connectivity index (χ2v) is 5.68. The number of rotatable bonds is 4. The van der Waals surface area contributed by atoms with Gasteiger partial charge in [-0.25, -0.2) is 4.99 Å². The Balaban J connectivity index is 2.45. The predicted molar refractivity (Wildman–Crippen MR) is 86.2 cm³/mol. The summed E-state index contributed by atoms with van der Waals surface area (Å²) in [7, 11) is 1.17. The SMILES string of the molecule is COC(=O)CN=C1OC(=CSC)C(=O)C1c1cccc(C(F)(F)F)c1. The van der Waals surface area contributed by atoms with E-state index < -0.39 is 36.0 Å². The van der Waals surface area contributed by atoms with Gasteiger partial charge in [-0.1, -0.05) is 18.2 Å². The zero-order valence-corrected chi connectivity index (χ0v) is 14.1. The van der Waals surface area contributed by atoms with Crippen molar-refractivity contribution in [1.82, 2.24) is 0 Å². The van der Waals surface area contributed by atoms with Gasteiger partial charge in [-0.05, 0) is 17.9 Å². The number of nitrogens with zero attached hydrogens (tertiary/aromatic N) is 1. The molecule has 0 radical (unpaired) electrons. The Morgan fingerprint density at radius 2 is 2.16 bits per heavy atom. The average Bonchev–Trinajstić information content (AvgIpc) is 2.88.